The van der Waals surface area contributed by atoms with Gasteiger partial charge in [-0.2, -0.15) is 0 Å². The van der Waals surface area contributed by atoms with Crippen molar-refractivity contribution in [3.8, 4) is 11.5 Å². The van der Waals surface area contributed by atoms with E-state index in [-0.39, 0.29) is 12.3 Å². The number of methoxy groups -OCH3 is 2. The van der Waals surface area contributed by atoms with Gasteiger partial charge < -0.3 is 23.6 Å². The van der Waals surface area contributed by atoms with Gasteiger partial charge >= 0.3 is 5.63 Å². The summed E-state index contributed by atoms with van der Waals surface area (Å²) in [5.74, 6) is 0.702. The summed E-state index contributed by atoms with van der Waals surface area (Å²) in [6.07, 6.45) is 1.53. The molecule has 7 nitrogen and oxygen atoms in total. The Labute approximate surface area is 172 Å². The van der Waals surface area contributed by atoms with Crippen LogP contribution in [-0.2, 0) is 11.2 Å². The number of nitrogens with one attached hydrogen (secondary N) is 1. The van der Waals surface area contributed by atoms with Crippen LogP contribution in [0.5, 0.6) is 11.5 Å². The Morgan fingerprint density at radius 1 is 1.03 bits per heavy atom. The van der Waals surface area contributed by atoms with E-state index in [9.17, 15) is 9.59 Å². The first kappa shape index (κ1) is 19.6. The molecule has 0 aliphatic carbocycles. The molecule has 154 valence electrons. The smallest absolute Gasteiger partial charge is 0.340 e. The molecule has 0 aliphatic rings. The molecule has 30 heavy (non-hydrogen) atoms. The Hall–Kier alpha value is -3.74. The summed E-state index contributed by atoms with van der Waals surface area (Å²) in [5.41, 5.74) is 2.99. The van der Waals surface area contributed by atoms with E-state index in [0.29, 0.717) is 39.5 Å². The summed E-state index contributed by atoms with van der Waals surface area (Å²) in [6, 6.07) is 8.72. The van der Waals surface area contributed by atoms with Crippen molar-refractivity contribution in [3.05, 3.63) is 63.7 Å². The third kappa shape index (κ3) is 3.39. The molecule has 0 aliphatic heterocycles. The van der Waals surface area contributed by atoms with Gasteiger partial charge in [-0.25, -0.2) is 4.79 Å². The monoisotopic (exact) mass is 407 g/mol. The number of carbonyl (C=O) groups excluding carboxylic acids is 1. The third-order valence-electron chi connectivity index (χ3n) is 5.19. The molecule has 0 radical (unpaired) electrons. The molecule has 4 aromatic rings. The number of benzene rings is 2. The van der Waals surface area contributed by atoms with Crippen LogP contribution in [0, 0.1) is 13.8 Å². The average Bonchev–Trinajstić information content (AvgIpc) is 3.09. The van der Waals surface area contributed by atoms with E-state index < -0.39 is 5.63 Å². The minimum absolute atomic E-state index is 0.132. The lowest BCUT2D eigenvalue weighted by Gasteiger charge is -2.12. The number of fused-ring (bicyclic) bond motifs is 2. The first-order chi connectivity index (χ1) is 14.4. The number of ether oxygens (including phenoxy) is 2. The lowest BCUT2D eigenvalue weighted by Crippen LogP contribution is -2.21. The molecule has 0 fully saturated rings. The van der Waals surface area contributed by atoms with Gasteiger partial charge in [0.25, 0.3) is 0 Å². The van der Waals surface area contributed by atoms with Crippen molar-refractivity contribution in [2.45, 2.75) is 20.3 Å². The summed E-state index contributed by atoms with van der Waals surface area (Å²) >= 11 is 0. The zero-order chi connectivity index (χ0) is 21.4. The molecule has 0 bridgehead atoms. The normalized spacial score (nSPS) is 11.1. The molecule has 1 amide bonds. The summed E-state index contributed by atoms with van der Waals surface area (Å²) in [6.45, 7) is 3.76. The van der Waals surface area contributed by atoms with E-state index >= 15 is 0 Å². The largest absolute Gasteiger partial charge is 0.497 e. The van der Waals surface area contributed by atoms with Crippen LogP contribution in [0.4, 0.5) is 5.69 Å². The van der Waals surface area contributed by atoms with E-state index in [4.69, 9.17) is 18.3 Å². The molecule has 2 aromatic heterocycles. The quantitative estimate of drug-likeness (QED) is 0.495. The average molecular weight is 407 g/mol. The predicted octanol–water partition coefficient (Wildman–Crippen LogP) is 4.35. The molecule has 0 spiro atoms. The molecular formula is C23H21NO6. The Balaban J connectivity index is 1.70. The molecule has 7 heteroatoms. The minimum Gasteiger partial charge on any atom is -0.497 e. The fourth-order valence-corrected chi connectivity index (χ4v) is 3.51. The fraction of sp³-hybridized carbons (Fsp3) is 0.217. The Morgan fingerprint density at radius 3 is 2.57 bits per heavy atom. The first-order valence-electron chi connectivity index (χ1n) is 9.37. The van der Waals surface area contributed by atoms with Crippen molar-refractivity contribution in [2.75, 3.05) is 19.5 Å². The summed E-state index contributed by atoms with van der Waals surface area (Å²) in [4.78, 5) is 25.3. The summed E-state index contributed by atoms with van der Waals surface area (Å²) < 4.78 is 21.5. The first-order valence-corrected chi connectivity index (χ1v) is 9.37. The van der Waals surface area contributed by atoms with E-state index in [0.717, 1.165) is 16.3 Å². The molecule has 2 aromatic carbocycles. The predicted molar refractivity (Wildman–Crippen MR) is 114 cm³/mol. The number of aryl methyl sites for hydroxylation is 2. The molecule has 4 rings (SSSR count). The molecule has 0 saturated carbocycles. The Bertz CT molecular complexity index is 1330. The van der Waals surface area contributed by atoms with Crippen molar-refractivity contribution in [1.82, 2.24) is 0 Å². The standard InChI is InChI=1S/C23H21NO6/c1-12-11-29-20-10-21-16(8-15(12)20)13(2)17(23(26)30-21)9-22(25)24-18-7-14(27-3)5-6-19(18)28-4/h5-8,10-11H,9H2,1-4H3,(H,24,25). The van der Waals surface area contributed by atoms with Gasteiger partial charge in [-0.05, 0) is 43.2 Å². The molecular weight excluding hydrogens is 386 g/mol. The van der Waals surface area contributed by atoms with Crippen molar-refractivity contribution in [1.29, 1.82) is 0 Å². The van der Waals surface area contributed by atoms with Crippen LogP contribution in [0.15, 0.2) is 50.2 Å². The van der Waals surface area contributed by atoms with Gasteiger partial charge in [0.15, 0.2) is 0 Å². The van der Waals surface area contributed by atoms with Crippen LogP contribution in [0.2, 0.25) is 0 Å². The topological polar surface area (TPSA) is 90.9 Å². The van der Waals surface area contributed by atoms with Crippen LogP contribution in [0.3, 0.4) is 0 Å². The van der Waals surface area contributed by atoms with Gasteiger partial charge in [0.05, 0.1) is 38.2 Å². The van der Waals surface area contributed by atoms with Gasteiger partial charge in [0.2, 0.25) is 5.91 Å². The van der Waals surface area contributed by atoms with E-state index in [1.807, 2.05) is 19.9 Å². The molecule has 1 N–H and O–H groups in total. The molecule has 0 saturated heterocycles. The van der Waals surface area contributed by atoms with Gasteiger partial charge in [-0.1, -0.05) is 0 Å². The van der Waals surface area contributed by atoms with Crippen LogP contribution < -0.4 is 20.4 Å². The number of hydrogen-bond acceptors (Lipinski definition) is 6. The highest BCUT2D eigenvalue weighted by atomic mass is 16.5. The second-order valence-corrected chi connectivity index (χ2v) is 7.05. The number of anilines is 1. The van der Waals surface area contributed by atoms with E-state index in [1.54, 1.807) is 30.5 Å². The van der Waals surface area contributed by atoms with Gasteiger partial charge in [0, 0.05) is 22.9 Å². The van der Waals surface area contributed by atoms with Gasteiger partial charge in [-0.15, -0.1) is 0 Å². The lowest BCUT2D eigenvalue weighted by atomic mass is 10.0. The van der Waals surface area contributed by atoms with Crippen molar-refractivity contribution in [3.63, 3.8) is 0 Å². The second kappa shape index (κ2) is 7.59. The number of furan rings is 1. The third-order valence-corrected chi connectivity index (χ3v) is 5.19. The maximum atomic E-state index is 12.7. The second-order valence-electron chi connectivity index (χ2n) is 7.05. The van der Waals surface area contributed by atoms with Crippen LogP contribution >= 0.6 is 0 Å². The summed E-state index contributed by atoms with van der Waals surface area (Å²) in [5, 5.41) is 4.49. The number of rotatable bonds is 5. The van der Waals surface area contributed by atoms with Crippen LogP contribution in [0.25, 0.3) is 21.9 Å². The van der Waals surface area contributed by atoms with E-state index in [1.165, 1.54) is 14.2 Å². The molecule has 0 unspecified atom stereocenters. The number of hydrogen-bond donors (Lipinski definition) is 1. The lowest BCUT2D eigenvalue weighted by molar-refractivity contribution is -0.115. The van der Waals surface area contributed by atoms with Crippen LogP contribution in [0.1, 0.15) is 16.7 Å². The Kier molecular flexibility index (Phi) is 4.95. The minimum atomic E-state index is -0.546. The maximum Gasteiger partial charge on any atom is 0.340 e. The number of carbonyl (C=O) groups is 1. The van der Waals surface area contributed by atoms with Gasteiger partial charge in [0.1, 0.15) is 22.7 Å². The molecule has 2 heterocycles. The van der Waals surface area contributed by atoms with E-state index in [2.05, 4.69) is 5.32 Å². The van der Waals surface area contributed by atoms with Gasteiger partial charge in [-0.3, -0.25) is 4.79 Å². The van der Waals surface area contributed by atoms with Crippen LogP contribution in [-0.4, -0.2) is 20.1 Å². The summed E-state index contributed by atoms with van der Waals surface area (Å²) in [7, 11) is 3.05. The van der Waals surface area contributed by atoms with Crippen molar-refractivity contribution < 1.29 is 23.1 Å². The highest BCUT2D eigenvalue weighted by Crippen LogP contribution is 2.30. The fourth-order valence-electron chi connectivity index (χ4n) is 3.51. The highest BCUT2D eigenvalue weighted by Gasteiger charge is 2.18. The zero-order valence-corrected chi connectivity index (χ0v) is 17.1. The molecule has 0 atom stereocenters. The van der Waals surface area contributed by atoms with Crippen molar-refractivity contribution >= 4 is 33.5 Å². The Morgan fingerprint density at radius 2 is 1.83 bits per heavy atom. The SMILES string of the molecule is COc1ccc(OC)c(NC(=O)Cc2c(C)c3cc4c(C)coc4cc3oc2=O)c1. The number of amides is 1. The maximum absolute atomic E-state index is 12.7. The highest BCUT2D eigenvalue weighted by molar-refractivity contribution is 5.98. The van der Waals surface area contributed by atoms with Crippen molar-refractivity contribution in [2.24, 2.45) is 0 Å². The zero-order valence-electron chi connectivity index (χ0n) is 17.1.